The molecule has 2 heterocycles. The average molecular weight is 337 g/mol. The lowest BCUT2D eigenvalue weighted by Crippen LogP contribution is -2.33. The minimum Gasteiger partial charge on any atom is -0.480 e. The Hall–Kier alpha value is -2.83. The third-order valence-electron chi connectivity index (χ3n) is 4.81. The van der Waals surface area contributed by atoms with Gasteiger partial charge >= 0.3 is 5.97 Å². The number of aliphatic hydroxyl groups is 1. The van der Waals surface area contributed by atoms with E-state index in [1.807, 2.05) is 48.5 Å². The van der Waals surface area contributed by atoms with E-state index in [0.29, 0.717) is 0 Å². The van der Waals surface area contributed by atoms with E-state index in [-0.39, 0.29) is 12.3 Å². The van der Waals surface area contributed by atoms with E-state index in [4.69, 9.17) is 5.73 Å². The first-order valence-electron chi connectivity index (χ1n) is 8.17. The SMILES string of the molecule is N[C@@H](Cc1c(C2c3ccccc3NC2O)[nH]c2ccccc12)C(=O)O. The molecule has 0 saturated carbocycles. The molecule has 0 bridgehead atoms. The van der Waals surface area contributed by atoms with Crippen molar-refractivity contribution in [1.82, 2.24) is 4.98 Å². The maximum Gasteiger partial charge on any atom is 0.320 e. The molecule has 0 spiro atoms. The third-order valence-corrected chi connectivity index (χ3v) is 4.81. The van der Waals surface area contributed by atoms with Crippen molar-refractivity contribution in [3.05, 3.63) is 65.4 Å². The van der Waals surface area contributed by atoms with E-state index in [1.165, 1.54) is 0 Å². The topological polar surface area (TPSA) is 111 Å². The molecule has 1 aliphatic rings. The Kier molecular flexibility index (Phi) is 3.71. The highest BCUT2D eigenvalue weighted by Crippen LogP contribution is 2.42. The van der Waals surface area contributed by atoms with E-state index in [0.717, 1.165) is 33.4 Å². The van der Waals surface area contributed by atoms with Gasteiger partial charge in [-0.15, -0.1) is 0 Å². The Morgan fingerprint density at radius 1 is 1.16 bits per heavy atom. The van der Waals surface area contributed by atoms with Gasteiger partial charge < -0.3 is 26.2 Å². The number of aromatic amines is 1. The van der Waals surface area contributed by atoms with Crippen LogP contribution in [0.1, 0.15) is 22.7 Å². The van der Waals surface area contributed by atoms with Gasteiger partial charge in [-0.1, -0.05) is 36.4 Å². The highest BCUT2D eigenvalue weighted by molar-refractivity contribution is 5.86. The maximum absolute atomic E-state index is 11.3. The van der Waals surface area contributed by atoms with Gasteiger partial charge in [0.25, 0.3) is 0 Å². The Morgan fingerprint density at radius 3 is 2.68 bits per heavy atom. The second-order valence-electron chi connectivity index (χ2n) is 6.37. The summed E-state index contributed by atoms with van der Waals surface area (Å²) in [4.78, 5) is 14.6. The molecule has 2 aromatic carbocycles. The molecular formula is C19H19N3O3. The number of anilines is 1. The number of aliphatic hydroxyl groups excluding tert-OH is 1. The normalized spacial score (nSPS) is 20.2. The number of aliphatic carboxylic acids is 1. The molecule has 3 atom stereocenters. The molecule has 2 unspecified atom stereocenters. The molecule has 4 rings (SSSR count). The second kappa shape index (κ2) is 5.91. The third kappa shape index (κ3) is 2.56. The number of benzene rings is 2. The minimum absolute atomic E-state index is 0.195. The molecule has 0 saturated heterocycles. The van der Waals surface area contributed by atoms with Crippen molar-refractivity contribution < 1.29 is 15.0 Å². The van der Waals surface area contributed by atoms with Crippen LogP contribution in [0.25, 0.3) is 10.9 Å². The lowest BCUT2D eigenvalue weighted by molar-refractivity contribution is -0.138. The zero-order valence-corrected chi connectivity index (χ0v) is 13.4. The summed E-state index contributed by atoms with van der Waals surface area (Å²) < 4.78 is 0. The molecular weight excluding hydrogens is 318 g/mol. The molecule has 0 aliphatic carbocycles. The number of fused-ring (bicyclic) bond motifs is 2. The Morgan fingerprint density at radius 2 is 1.88 bits per heavy atom. The van der Waals surface area contributed by atoms with E-state index in [2.05, 4.69) is 10.3 Å². The summed E-state index contributed by atoms with van der Waals surface area (Å²) >= 11 is 0. The van der Waals surface area contributed by atoms with Crippen LogP contribution in [0.15, 0.2) is 48.5 Å². The van der Waals surface area contributed by atoms with Crippen LogP contribution in [0.5, 0.6) is 0 Å². The standard InChI is InChI=1S/C19H19N3O3/c20-13(19(24)25)9-12-10-5-1-3-7-14(10)21-17(12)16-11-6-2-4-8-15(11)22-18(16)23/h1-8,13,16,18,21-23H,9,20H2,(H,24,25)/t13-,16?,18?/m0/s1. The Bertz CT molecular complexity index is 950. The monoisotopic (exact) mass is 337 g/mol. The van der Waals surface area contributed by atoms with Crippen molar-refractivity contribution in [3.8, 4) is 0 Å². The van der Waals surface area contributed by atoms with Crippen LogP contribution in [-0.4, -0.2) is 33.4 Å². The van der Waals surface area contributed by atoms with Gasteiger partial charge in [-0.25, -0.2) is 0 Å². The molecule has 3 aromatic rings. The first-order valence-corrected chi connectivity index (χ1v) is 8.17. The van der Waals surface area contributed by atoms with E-state index in [9.17, 15) is 15.0 Å². The molecule has 128 valence electrons. The summed E-state index contributed by atoms with van der Waals surface area (Å²) in [5.41, 5.74) is 10.2. The molecule has 0 radical (unpaired) electrons. The van der Waals surface area contributed by atoms with Gasteiger partial charge in [0.05, 0.1) is 5.92 Å². The Labute approximate surface area is 144 Å². The van der Waals surface area contributed by atoms with Crippen molar-refractivity contribution in [2.45, 2.75) is 24.6 Å². The highest BCUT2D eigenvalue weighted by Gasteiger charge is 2.35. The number of hydrogen-bond donors (Lipinski definition) is 5. The van der Waals surface area contributed by atoms with Gasteiger partial charge in [-0.3, -0.25) is 4.79 Å². The van der Waals surface area contributed by atoms with E-state index >= 15 is 0 Å². The number of rotatable bonds is 4. The molecule has 1 aliphatic heterocycles. The molecule has 6 N–H and O–H groups in total. The number of carboxylic acids is 1. The van der Waals surface area contributed by atoms with Gasteiger partial charge in [0.15, 0.2) is 0 Å². The zero-order valence-electron chi connectivity index (χ0n) is 13.4. The van der Waals surface area contributed by atoms with Crippen molar-refractivity contribution in [3.63, 3.8) is 0 Å². The van der Waals surface area contributed by atoms with Crippen LogP contribution in [0.4, 0.5) is 5.69 Å². The average Bonchev–Trinajstić information content (AvgIpc) is 3.11. The summed E-state index contributed by atoms with van der Waals surface area (Å²) in [6.45, 7) is 0. The molecule has 0 fully saturated rings. The molecule has 1 aromatic heterocycles. The summed E-state index contributed by atoms with van der Waals surface area (Å²) in [6.07, 6.45) is -0.592. The second-order valence-corrected chi connectivity index (χ2v) is 6.37. The summed E-state index contributed by atoms with van der Waals surface area (Å²) in [5, 5.41) is 23.8. The maximum atomic E-state index is 11.3. The van der Waals surface area contributed by atoms with E-state index in [1.54, 1.807) is 0 Å². The van der Waals surface area contributed by atoms with Gasteiger partial charge in [-0.05, 0) is 23.3 Å². The summed E-state index contributed by atoms with van der Waals surface area (Å²) in [5.74, 6) is -1.35. The van der Waals surface area contributed by atoms with Crippen LogP contribution < -0.4 is 11.1 Å². The molecule has 6 heteroatoms. The quantitative estimate of drug-likeness (QED) is 0.500. The van der Waals surface area contributed by atoms with Crippen LogP contribution in [-0.2, 0) is 11.2 Å². The summed E-state index contributed by atoms with van der Waals surface area (Å²) in [7, 11) is 0. The lowest BCUT2D eigenvalue weighted by atomic mass is 9.91. The fourth-order valence-corrected chi connectivity index (χ4v) is 3.64. The van der Waals surface area contributed by atoms with Gasteiger partial charge in [0.1, 0.15) is 12.3 Å². The zero-order chi connectivity index (χ0) is 17.6. The van der Waals surface area contributed by atoms with Gasteiger partial charge in [0.2, 0.25) is 0 Å². The van der Waals surface area contributed by atoms with Crippen molar-refractivity contribution in [2.24, 2.45) is 5.73 Å². The number of nitrogens with one attached hydrogen (secondary N) is 2. The smallest absolute Gasteiger partial charge is 0.320 e. The van der Waals surface area contributed by atoms with E-state index < -0.39 is 18.2 Å². The molecule has 6 nitrogen and oxygen atoms in total. The van der Waals surface area contributed by atoms with Crippen molar-refractivity contribution in [1.29, 1.82) is 0 Å². The van der Waals surface area contributed by atoms with Gasteiger partial charge in [-0.2, -0.15) is 0 Å². The fraction of sp³-hybridized carbons (Fsp3) is 0.211. The molecule has 25 heavy (non-hydrogen) atoms. The molecule has 0 amide bonds. The highest BCUT2D eigenvalue weighted by atomic mass is 16.4. The van der Waals surface area contributed by atoms with Crippen LogP contribution in [0.3, 0.4) is 0 Å². The first-order chi connectivity index (χ1) is 12.1. The number of nitrogens with two attached hydrogens (primary N) is 1. The summed E-state index contributed by atoms with van der Waals surface area (Å²) in [6, 6.07) is 14.4. The number of carboxylic acid groups (broad SMARTS) is 1. The van der Waals surface area contributed by atoms with Crippen molar-refractivity contribution >= 4 is 22.6 Å². The number of para-hydroxylation sites is 2. The van der Waals surface area contributed by atoms with Crippen LogP contribution >= 0.6 is 0 Å². The number of hydrogen-bond acceptors (Lipinski definition) is 4. The van der Waals surface area contributed by atoms with Crippen LogP contribution in [0, 0.1) is 0 Å². The fourth-order valence-electron chi connectivity index (χ4n) is 3.64. The number of aromatic nitrogens is 1. The predicted molar refractivity (Wildman–Crippen MR) is 95.5 cm³/mol. The number of carbonyl (C=O) groups is 1. The predicted octanol–water partition coefficient (Wildman–Crippen LogP) is 2.00. The van der Waals surface area contributed by atoms with Gasteiger partial charge in [0, 0.05) is 28.7 Å². The minimum atomic E-state index is -1.04. The Balaban J connectivity index is 1.88. The van der Waals surface area contributed by atoms with Crippen molar-refractivity contribution in [2.75, 3.05) is 5.32 Å². The number of H-pyrrole nitrogens is 1. The lowest BCUT2D eigenvalue weighted by Gasteiger charge is -2.17. The first kappa shape index (κ1) is 15.7. The largest absolute Gasteiger partial charge is 0.480 e. The van der Waals surface area contributed by atoms with Crippen LogP contribution in [0.2, 0.25) is 0 Å².